The van der Waals surface area contributed by atoms with Gasteiger partial charge in [0.25, 0.3) is 0 Å². The minimum Gasteiger partial charge on any atom is -0.497 e. The summed E-state index contributed by atoms with van der Waals surface area (Å²) in [7, 11) is 2.93. The van der Waals surface area contributed by atoms with Crippen molar-refractivity contribution < 1.29 is 24.1 Å². The van der Waals surface area contributed by atoms with Gasteiger partial charge in [-0.25, -0.2) is 4.79 Å². The highest BCUT2D eigenvalue weighted by Gasteiger charge is 2.12. The lowest BCUT2D eigenvalue weighted by Crippen LogP contribution is -2.05. The van der Waals surface area contributed by atoms with E-state index in [9.17, 15) is 4.79 Å². The summed E-state index contributed by atoms with van der Waals surface area (Å²) in [5, 5.41) is 8.91. The molecule has 0 aliphatic rings. The second-order valence-corrected chi connectivity index (χ2v) is 2.72. The van der Waals surface area contributed by atoms with Crippen LogP contribution in [0.3, 0.4) is 0 Å². The zero-order valence-electron chi connectivity index (χ0n) is 8.52. The average molecular weight is 212 g/mol. The van der Waals surface area contributed by atoms with Gasteiger partial charge < -0.3 is 19.3 Å². The van der Waals surface area contributed by atoms with Gasteiger partial charge in [0.2, 0.25) is 0 Å². The minimum absolute atomic E-state index is 0.00656. The van der Waals surface area contributed by atoms with E-state index in [1.54, 1.807) is 6.07 Å². The van der Waals surface area contributed by atoms with Crippen molar-refractivity contribution in [3.05, 3.63) is 23.8 Å². The maximum Gasteiger partial charge on any atom is 0.339 e. The molecule has 5 nitrogen and oxygen atoms in total. The molecule has 0 bridgehead atoms. The predicted molar refractivity (Wildman–Crippen MR) is 52.5 cm³/mol. The van der Waals surface area contributed by atoms with Gasteiger partial charge in [-0.2, -0.15) is 0 Å². The van der Waals surface area contributed by atoms with Crippen molar-refractivity contribution >= 4 is 5.97 Å². The van der Waals surface area contributed by atoms with Gasteiger partial charge in [-0.1, -0.05) is 0 Å². The van der Waals surface area contributed by atoms with Gasteiger partial charge in [-0.3, -0.25) is 0 Å². The number of hydrogen-bond acceptors (Lipinski definition) is 4. The predicted octanol–water partition coefficient (Wildman–Crippen LogP) is 1.38. The lowest BCUT2D eigenvalue weighted by molar-refractivity contribution is 0.0483. The molecule has 1 aromatic carbocycles. The van der Waals surface area contributed by atoms with Crippen molar-refractivity contribution in [2.24, 2.45) is 0 Å². The van der Waals surface area contributed by atoms with Crippen molar-refractivity contribution in [3.8, 4) is 11.5 Å². The van der Waals surface area contributed by atoms with Crippen LogP contribution in [0.1, 0.15) is 10.4 Å². The third-order valence-corrected chi connectivity index (χ3v) is 1.75. The Labute approximate surface area is 87.2 Å². The Balaban J connectivity index is 2.98. The van der Waals surface area contributed by atoms with Crippen LogP contribution in [0.2, 0.25) is 0 Å². The average Bonchev–Trinajstić information content (AvgIpc) is 2.26. The van der Waals surface area contributed by atoms with Crippen LogP contribution in [-0.2, 0) is 4.74 Å². The monoisotopic (exact) mass is 212 g/mol. The van der Waals surface area contributed by atoms with Crippen LogP contribution in [-0.4, -0.2) is 32.1 Å². The van der Waals surface area contributed by atoms with E-state index in [0.717, 1.165) is 0 Å². The standard InChI is InChI=1S/C10H12O5/c1-13-6-15-9-4-3-7(14-2)5-8(9)10(11)12/h3-5H,6H2,1-2H3,(H,11,12). The van der Waals surface area contributed by atoms with Crippen molar-refractivity contribution in [2.45, 2.75) is 0 Å². The van der Waals surface area contributed by atoms with E-state index in [0.29, 0.717) is 5.75 Å². The fourth-order valence-corrected chi connectivity index (χ4v) is 1.05. The maximum absolute atomic E-state index is 10.9. The van der Waals surface area contributed by atoms with E-state index in [4.69, 9.17) is 19.3 Å². The van der Waals surface area contributed by atoms with Gasteiger partial charge in [-0.15, -0.1) is 0 Å². The molecule has 0 heterocycles. The number of rotatable bonds is 5. The van der Waals surface area contributed by atoms with Crippen LogP contribution in [0.15, 0.2) is 18.2 Å². The van der Waals surface area contributed by atoms with Gasteiger partial charge in [0.15, 0.2) is 6.79 Å². The molecule has 0 saturated carbocycles. The van der Waals surface area contributed by atoms with E-state index in [1.165, 1.54) is 26.4 Å². The Morgan fingerprint density at radius 1 is 1.40 bits per heavy atom. The summed E-state index contributed by atoms with van der Waals surface area (Å²) in [5.41, 5.74) is 0.0476. The van der Waals surface area contributed by atoms with Crippen LogP contribution < -0.4 is 9.47 Å². The summed E-state index contributed by atoms with van der Waals surface area (Å²) in [5.74, 6) is -0.345. The normalized spacial score (nSPS) is 9.73. The third-order valence-electron chi connectivity index (χ3n) is 1.75. The van der Waals surface area contributed by atoms with Gasteiger partial charge in [0, 0.05) is 7.11 Å². The Morgan fingerprint density at radius 2 is 2.13 bits per heavy atom. The fraction of sp³-hybridized carbons (Fsp3) is 0.300. The molecule has 15 heavy (non-hydrogen) atoms. The second kappa shape index (κ2) is 5.21. The molecule has 0 fully saturated rings. The molecular weight excluding hydrogens is 200 g/mol. The summed E-state index contributed by atoms with van der Waals surface area (Å²) in [6.45, 7) is 0.00656. The molecule has 0 saturated heterocycles. The van der Waals surface area contributed by atoms with Gasteiger partial charge in [-0.05, 0) is 18.2 Å². The zero-order chi connectivity index (χ0) is 11.3. The minimum atomic E-state index is -1.07. The van der Waals surface area contributed by atoms with Crippen molar-refractivity contribution in [1.29, 1.82) is 0 Å². The SMILES string of the molecule is COCOc1ccc(OC)cc1C(=O)O. The quantitative estimate of drug-likeness (QED) is 0.747. The molecule has 0 aliphatic carbocycles. The summed E-state index contributed by atoms with van der Waals surface area (Å²) < 4.78 is 14.7. The van der Waals surface area contributed by atoms with Gasteiger partial charge in [0.1, 0.15) is 17.1 Å². The molecule has 1 rings (SSSR count). The molecule has 0 radical (unpaired) electrons. The number of benzene rings is 1. The molecule has 0 amide bonds. The van der Waals surface area contributed by atoms with E-state index < -0.39 is 5.97 Å². The highest BCUT2D eigenvalue weighted by molar-refractivity contribution is 5.91. The lowest BCUT2D eigenvalue weighted by atomic mass is 10.2. The van der Waals surface area contributed by atoms with Crippen LogP contribution in [0, 0.1) is 0 Å². The van der Waals surface area contributed by atoms with E-state index in [-0.39, 0.29) is 18.1 Å². The maximum atomic E-state index is 10.9. The highest BCUT2D eigenvalue weighted by Crippen LogP contribution is 2.24. The van der Waals surface area contributed by atoms with Crippen molar-refractivity contribution in [2.75, 3.05) is 21.0 Å². The molecule has 1 N–H and O–H groups in total. The number of methoxy groups -OCH3 is 2. The Bertz CT molecular complexity index is 348. The molecule has 0 atom stereocenters. The number of carbonyl (C=O) groups is 1. The van der Waals surface area contributed by atoms with Crippen LogP contribution in [0.25, 0.3) is 0 Å². The summed E-state index contributed by atoms with van der Waals surface area (Å²) in [4.78, 5) is 10.9. The molecule has 5 heteroatoms. The number of carboxylic acid groups (broad SMARTS) is 1. The second-order valence-electron chi connectivity index (χ2n) is 2.72. The molecule has 0 aliphatic heterocycles. The number of hydrogen-bond donors (Lipinski definition) is 1. The molecule has 0 spiro atoms. The topological polar surface area (TPSA) is 65.0 Å². The van der Waals surface area contributed by atoms with E-state index in [1.807, 2.05) is 0 Å². The molecule has 1 aromatic rings. The van der Waals surface area contributed by atoms with Crippen LogP contribution in [0.4, 0.5) is 0 Å². The Morgan fingerprint density at radius 3 is 2.67 bits per heavy atom. The highest BCUT2D eigenvalue weighted by atomic mass is 16.7. The lowest BCUT2D eigenvalue weighted by Gasteiger charge is -2.09. The first-order chi connectivity index (χ1) is 7.19. The molecule has 82 valence electrons. The third kappa shape index (κ3) is 2.85. The first-order valence-electron chi connectivity index (χ1n) is 4.22. The summed E-state index contributed by atoms with van der Waals surface area (Å²) in [6.07, 6.45) is 0. The van der Waals surface area contributed by atoms with Crippen molar-refractivity contribution in [3.63, 3.8) is 0 Å². The molecular formula is C10H12O5. The molecule has 0 aromatic heterocycles. The number of carboxylic acids is 1. The summed E-state index contributed by atoms with van der Waals surface area (Å²) in [6, 6.07) is 4.55. The van der Waals surface area contributed by atoms with E-state index >= 15 is 0 Å². The zero-order valence-corrected chi connectivity index (χ0v) is 8.52. The summed E-state index contributed by atoms with van der Waals surface area (Å²) >= 11 is 0. The fourth-order valence-electron chi connectivity index (χ4n) is 1.05. The first kappa shape index (κ1) is 11.3. The first-order valence-corrected chi connectivity index (χ1v) is 4.22. The number of aromatic carboxylic acids is 1. The van der Waals surface area contributed by atoms with Crippen molar-refractivity contribution in [1.82, 2.24) is 0 Å². The van der Waals surface area contributed by atoms with Crippen LogP contribution >= 0.6 is 0 Å². The smallest absolute Gasteiger partial charge is 0.339 e. The van der Waals surface area contributed by atoms with Gasteiger partial charge >= 0.3 is 5.97 Å². The Kier molecular flexibility index (Phi) is 3.93. The Hall–Kier alpha value is -1.75. The molecule has 0 unspecified atom stereocenters. The largest absolute Gasteiger partial charge is 0.497 e. The van der Waals surface area contributed by atoms with Crippen LogP contribution in [0.5, 0.6) is 11.5 Å². The van der Waals surface area contributed by atoms with Gasteiger partial charge in [0.05, 0.1) is 7.11 Å². The number of ether oxygens (including phenoxy) is 3. The van der Waals surface area contributed by atoms with E-state index in [2.05, 4.69) is 0 Å².